The number of nitrogens with zero attached hydrogens (tertiary/aromatic N) is 3. The molecule has 0 aliphatic heterocycles. The van der Waals surface area contributed by atoms with Gasteiger partial charge >= 0.3 is 0 Å². The molecule has 0 aliphatic carbocycles. The van der Waals surface area contributed by atoms with Gasteiger partial charge in [0, 0.05) is 0 Å². The van der Waals surface area contributed by atoms with Crippen LogP contribution in [0.15, 0.2) is 24.3 Å². The van der Waals surface area contributed by atoms with E-state index in [0.717, 1.165) is 17.0 Å². The highest BCUT2D eigenvalue weighted by Gasteiger charge is 2.14. The quantitative estimate of drug-likeness (QED) is 0.806. The molecule has 19 heavy (non-hydrogen) atoms. The van der Waals surface area contributed by atoms with Crippen molar-refractivity contribution in [3.63, 3.8) is 0 Å². The molecule has 5 heteroatoms. The summed E-state index contributed by atoms with van der Waals surface area (Å²) in [6.45, 7) is 2.41. The Morgan fingerprint density at radius 3 is 2.58 bits per heavy atom. The van der Waals surface area contributed by atoms with Crippen LogP contribution in [0.3, 0.4) is 0 Å². The van der Waals surface area contributed by atoms with Crippen molar-refractivity contribution in [2.45, 2.75) is 19.3 Å². The van der Waals surface area contributed by atoms with Crippen molar-refractivity contribution in [2.24, 2.45) is 0 Å². The smallest absolute Gasteiger partial charge is 0.118 e. The zero-order valence-corrected chi connectivity index (χ0v) is 11.6. The Balaban J connectivity index is 2.30. The molecule has 0 radical (unpaired) electrons. The molecule has 1 aromatic heterocycles. The van der Waals surface area contributed by atoms with Gasteiger partial charge in [-0.25, -0.2) is 0 Å². The lowest BCUT2D eigenvalue weighted by molar-refractivity contribution is 0.414. The maximum atomic E-state index is 9.10. The number of nitriles is 1. The van der Waals surface area contributed by atoms with Crippen LogP contribution in [0.4, 0.5) is 0 Å². The Kier molecular flexibility index (Phi) is 4.08. The van der Waals surface area contributed by atoms with E-state index in [9.17, 15) is 0 Å². The predicted molar refractivity (Wildman–Crippen MR) is 73.3 cm³/mol. The minimum absolute atomic E-state index is 0.278. The van der Waals surface area contributed by atoms with Crippen LogP contribution in [0.5, 0.6) is 5.75 Å². The summed E-state index contributed by atoms with van der Waals surface area (Å²) in [6.07, 6.45) is 0. The summed E-state index contributed by atoms with van der Waals surface area (Å²) in [5.74, 6) is 1.09. The third-order valence-electron chi connectivity index (χ3n) is 2.96. The van der Waals surface area contributed by atoms with Crippen molar-refractivity contribution in [3.8, 4) is 11.8 Å². The Morgan fingerprint density at radius 1 is 1.37 bits per heavy atom. The van der Waals surface area contributed by atoms with Crippen molar-refractivity contribution in [1.82, 2.24) is 9.78 Å². The first-order valence-electron chi connectivity index (χ1n) is 5.85. The number of hydrogen-bond donors (Lipinski definition) is 0. The van der Waals surface area contributed by atoms with E-state index in [2.05, 4.69) is 11.2 Å². The summed E-state index contributed by atoms with van der Waals surface area (Å²) in [7, 11) is 1.64. The Morgan fingerprint density at radius 2 is 2.05 bits per heavy atom. The van der Waals surface area contributed by atoms with E-state index in [1.807, 2.05) is 31.2 Å². The van der Waals surface area contributed by atoms with Crippen LogP contribution in [-0.2, 0) is 12.4 Å². The average Bonchev–Trinajstić information content (AvgIpc) is 2.74. The summed E-state index contributed by atoms with van der Waals surface area (Å²) < 4.78 is 6.90. The number of benzene rings is 1. The molecule has 0 spiro atoms. The number of ether oxygens (including phenoxy) is 1. The second-order valence-corrected chi connectivity index (χ2v) is 4.43. The highest BCUT2D eigenvalue weighted by molar-refractivity contribution is 6.17. The van der Waals surface area contributed by atoms with Gasteiger partial charge in [0.1, 0.15) is 11.8 Å². The third kappa shape index (κ3) is 2.72. The van der Waals surface area contributed by atoms with Gasteiger partial charge in [-0.05, 0) is 24.6 Å². The zero-order valence-electron chi connectivity index (χ0n) is 10.9. The maximum absolute atomic E-state index is 9.10. The third-order valence-corrected chi connectivity index (χ3v) is 3.22. The molecule has 0 amide bonds. The van der Waals surface area contributed by atoms with Crippen molar-refractivity contribution < 1.29 is 4.74 Å². The van der Waals surface area contributed by atoms with Crippen LogP contribution >= 0.6 is 11.6 Å². The Hall–Kier alpha value is -1.99. The molecule has 0 aliphatic rings. The second-order valence-electron chi connectivity index (χ2n) is 4.16. The van der Waals surface area contributed by atoms with Crippen molar-refractivity contribution in [2.75, 3.05) is 7.11 Å². The highest BCUT2D eigenvalue weighted by atomic mass is 35.5. The minimum Gasteiger partial charge on any atom is -0.497 e. The lowest BCUT2D eigenvalue weighted by Gasteiger charge is -2.06. The molecule has 0 bridgehead atoms. The molecule has 98 valence electrons. The minimum atomic E-state index is 0.278. The monoisotopic (exact) mass is 275 g/mol. The van der Waals surface area contributed by atoms with Gasteiger partial charge in [-0.15, -0.1) is 11.6 Å². The Labute approximate surface area is 117 Å². The van der Waals surface area contributed by atoms with E-state index >= 15 is 0 Å². The lowest BCUT2D eigenvalue weighted by atomic mass is 10.2. The van der Waals surface area contributed by atoms with Gasteiger partial charge in [0.15, 0.2) is 0 Å². The SMILES string of the molecule is COc1ccc(Cn2nc(C)c(C#N)c2CCl)cc1. The van der Waals surface area contributed by atoms with Crippen molar-refractivity contribution >= 4 is 11.6 Å². The molecule has 1 aromatic carbocycles. The molecule has 0 fully saturated rings. The number of aryl methyl sites for hydroxylation is 1. The first-order valence-corrected chi connectivity index (χ1v) is 6.38. The van der Waals surface area contributed by atoms with Crippen LogP contribution in [0.1, 0.15) is 22.5 Å². The van der Waals surface area contributed by atoms with E-state index in [1.165, 1.54) is 0 Å². The average molecular weight is 276 g/mol. The molecule has 0 N–H and O–H groups in total. The summed E-state index contributed by atoms with van der Waals surface area (Å²) in [6, 6.07) is 9.90. The van der Waals surface area contributed by atoms with Crippen LogP contribution in [0, 0.1) is 18.3 Å². The first-order chi connectivity index (χ1) is 9.19. The summed E-state index contributed by atoms with van der Waals surface area (Å²) in [5, 5.41) is 13.5. The first kappa shape index (κ1) is 13.4. The topological polar surface area (TPSA) is 50.8 Å². The fourth-order valence-electron chi connectivity index (χ4n) is 1.95. The largest absolute Gasteiger partial charge is 0.497 e. The molecular weight excluding hydrogens is 262 g/mol. The van der Waals surface area contributed by atoms with Gasteiger partial charge in [0.2, 0.25) is 0 Å². The van der Waals surface area contributed by atoms with E-state index < -0.39 is 0 Å². The molecule has 2 aromatic rings. The van der Waals surface area contributed by atoms with E-state index in [4.69, 9.17) is 21.6 Å². The van der Waals surface area contributed by atoms with Gasteiger partial charge in [-0.2, -0.15) is 10.4 Å². The molecule has 1 heterocycles. The van der Waals surface area contributed by atoms with Crippen molar-refractivity contribution in [3.05, 3.63) is 46.8 Å². The standard InChI is InChI=1S/C14H14ClN3O/c1-10-13(8-16)14(7-15)18(17-10)9-11-3-5-12(19-2)6-4-11/h3-6H,7,9H2,1-2H3. The molecule has 0 saturated heterocycles. The van der Waals surface area contributed by atoms with Crippen LogP contribution in [-0.4, -0.2) is 16.9 Å². The summed E-state index contributed by atoms with van der Waals surface area (Å²) in [5.41, 5.74) is 3.13. The molecule has 0 unspecified atom stereocenters. The van der Waals surface area contributed by atoms with Gasteiger partial charge in [0.05, 0.1) is 36.5 Å². The van der Waals surface area contributed by atoms with E-state index in [1.54, 1.807) is 11.8 Å². The van der Waals surface area contributed by atoms with E-state index in [0.29, 0.717) is 17.8 Å². The number of methoxy groups -OCH3 is 1. The zero-order chi connectivity index (χ0) is 13.8. The highest BCUT2D eigenvalue weighted by Crippen LogP contribution is 2.18. The van der Waals surface area contributed by atoms with Gasteiger partial charge in [0.25, 0.3) is 0 Å². The molecule has 0 atom stereocenters. The number of halogens is 1. The molecular formula is C14H14ClN3O. The second kappa shape index (κ2) is 5.77. The molecule has 2 rings (SSSR count). The number of rotatable bonds is 4. The maximum Gasteiger partial charge on any atom is 0.118 e. The predicted octanol–water partition coefficient (Wildman–Crippen LogP) is 2.86. The molecule has 0 saturated carbocycles. The summed E-state index contributed by atoms with van der Waals surface area (Å²) in [4.78, 5) is 0. The molecule has 4 nitrogen and oxygen atoms in total. The fourth-order valence-corrected chi connectivity index (χ4v) is 2.22. The normalized spacial score (nSPS) is 10.2. The number of aromatic nitrogens is 2. The van der Waals surface area contributed by atoms with Gasteiger partial charge in [-0.3, -0.25) is 4.68 Å². The van der Waals surface area contributed by atoms with Crippen LogP contribution < -0.4 is 4.74 Å². The Bertz CT molecular complexity index is 611. The lowest BCUT2D eigenvalue weighted by Crippen LogP contribution is -2.05. The van der Waals surface area contributed by atoms with Crippen LogP contribution in [0.2, 0.25) is 0 Å². The van der Waals surface area contributed by atoms with Crippen molar-refractivity contribution in [1.29, 1.82) is 5.26 Å². The number of alkyl halides is 1. The summed E-state index contributed by atoms with van der Waals surface area (Å²) >= 11 is 5.91. The fraction of sp³-hybridized carbons (Fsp3) is 0.286. The van der Waals surface area contributed by atoms with Gasteiger partial charge < -0.3 is 4.74 Å². The number of hydrogen-bond acceptors (Lipinski definition) is 3. The van der Waals surface area contributed by atoms with E-state index in [-0.39, 0.29) is 5.88 Å². The van der Waals surface area contributed by atoms with Crippen LogP contribution in [0.25, 0.3) is 0 Å². The van der Waals surface area contributed by atoms with Gasteiger partial charge in [-0.1, -0.05) is 12.1 Å².